The van der Waals surface area contributed by atoms with Crippen LogP contribution in [0, 0.1) is 5.92 Å². The number of fused-ring (bicyclic) bond motifs is 1. The van der Waals surface area contributed by atoms with E-state index in [0.717, 1.165) is 31.2 Å². The number of methoxy groups -OCH3 is 2. The van der Waals surface area contributed by atoms with Crippen LogP contribution in [-0.2, 0) is 18.3 Å². The Bertz CT molecular complexity index is 1510. The summed E-state index contributed by atoms with van der Waals surface area (Å²) in [6.45, 7) is 7.56. The Balaban J connectivity index is 1.47. The predicted molar refractivity (Wildman–Crippen MR) is 170 cm³/mol. The highest BCUT2D eigenvalue weighted by atomic mass is 16.6. The van der Waals surface area contributed by atoms with E-state index >= 15 is 0 Å². The third kappa shape index (κ3) is 7.84. The van der Waals surface area contributed by atoms with Crippen molar-refractivity contribution in [1.82, 2.24) is 14.4 Å². The maximum Gasteiger partial charge on any atom is 0.410 e. The summed E-state index contributed by atoms with van der Waals surface area (Å²) in [6.07, 6.45) is 3.22. The van der Waals surface area contributed by atoms with Crippen LogP contribution in [0.3, 0.4) is 0 Å². The standard InChI is InChI=1S/C34H45N3O7/c1-34(2,3)44-33(40)37-16-14-23(15-17-37)11-10-18-43-30-27-12-8-9-13-28(27)36(5)32(39)29(30)31(38)35(4)22-24-19-25(41-6)21-26(20-24)42-7/h8-9,12-13,19-21,23H,10-11,14-18,22H2,1-7H3. The summed E-state index contributed by atoms with van der Waals surface area (Å²) in [5.41, 5.74) is 0.585. The molecule has 2 heterocycles. The summed E-state index contributed by atoms with van der Waals surface area (Å²) < 4.78 is 24.1. The van der Waals surface area contributed by atoms with E-state index in [0.29, 0.717) is 53.8 Å². The number of aromatic nitrogens is 1. The second-order valence-corrected chi connectivity index (χ2v) is 12.4. The second kappa shape index (κ2) is 14.1. The Morgan fingerprint density at radius 3 is 2.25 bits per heavy atom. The lowest BCUT2D eigenvalue weighted by molar-refractivity contribution is 0.0179. The normalized spacial score (nSPS) is 13.9. The molecule has 1 aliphatic heterocycles. The molecule has 0 atom stereocenters. The van der Waals surface area contributed by atoms with Gasteiger partial charge in [0.2, 0.25) is 0 Å². The van der Waals surface area contributed by atoms with Crippen molar-refractivity contribution in [3.63, 3.8) is 0 Å². The molecule has 44 heavy (non-hydrogen) atoms. The van der Waals surface area contributed by atoms with Crippen LogP contribution < -0.4 is 19.8 Å². The van der Waals surface area contributed by atoms with E-state index in [-0.39, 0.29) is 18.2 Å². The fraction of sp³-hybridized carbons (Fsp3) is 0.500. The maximum absolute atomic E-state index is 13.9. The van der Waals surface area contributed by atoms with E-state index in [1.165, 1.54) is 9.47 Å². The van der Waals surface area contributed by atoms with Gasteiger partial charge in [0, 0.05) is 45.2 Å². The van der Waals surface area contributed by atoms with Crippen LogP contribution >= 0.6 is 0 Å². The molecule has 238 valence electrons. The van der Waals surface area contributed by atoms with Gasteiger partial charge in [0.05, 0.1) is 26.3 Å². The molecule has 0 saturated carbocycles. The average Bonchev–Trinajstić information content (AvgIpc) is 3.00. The quantitative estimate of drug-likeness (QED) is 0.275. The number of piperidine rings is 1. The van der Waals surface area contributed by atoms with Gasteiger partial charge in [-0.1, -0.05) is 12.1 Å². The van der Waals surface area contributed by atoms with Crippen LogP contribution in [0.1, 0.15) is 62.4 Å². The van der Waals surface area contributed by atoms with Crippen LogP contribution in [0.4, 0.5) is 4.79 Å². The van der Waals surface area contributed by atoms with Gasteiger partial charge < -0.3 is 33.3 Å². The number of benzene rings is 2. The summed E-state index contributed by atoms with van der Waals surface area (Å²) in [7, 11) is 6.48. The molecule has 10 heteroatoms. The van der Waals surface area contributed by atoms with E-state index < -0.39 is 17.1 Å². The number of ether oxygens (including phenoxy) is 4. The van der Waals surface area contributed by atoms with Crippen molar-refractivity contribution in [2.45, 2.75) is 58.6 Å². The lowest BCUT2D eigenvalue weighted by Crippen LogP contribution is -2.41. The number of pyridine rings is 1. The minimum atomic E-state index is -0.508. The number of hydrogen-bond acceptors (Lipinski definition) is 7. The van der Waals surface area contributed by atoms with Gasteiger partial charge in [0.25, 0.3) is 11.5 Å². The Morgan fingerprint density at radius 2 is 1.64 bits per heavy atom. The molecule has 0 bridgehead atoms. The summed E-state index contributed by atoms with van der Waals surface area (Å²) in [4.78, 5) is 43.2. The van der Waals surface area contributed by atoms with Crippen molar-refractivity contribution in [1.29, 1.82) is 0 Å². The molecule has 4 rings (SSSR count). The van der Waals surface area contributed by atoms with Crippen LogP contribution in [0.25, 0.3) is 10.9 Å². The monoisotopic (exact) mass is 607 g/mol. The first-order chi connectivity index (χ1) is 20.9. The van der Waals surface area contributed by atoms with Crippen LogP contribution in [0.15, 0.2) is 47.3 Å². The predicted octanol–water partition coefficient (Wildman–Crippen LogP) is 5.63. The molecule has 1 saturated heterocycles. The number of likely N-dealkylation sites (tertiary alicyclic amines) is 1. The lowest BCUT2D eigenvalue weighted by atomic mass is 9.92. The molecule has 1 aliphatic rings. The van der Waals surface area contributed by atoms with Crippen molar-refractivity contribution >= 4 is 22.9 Å². The molecule has 2 amide bonds. The van der Waals surface area contributed by atoms with Gasteiger partial charge in [0.1, 0.15) is 28.4 Å². The number of rotatable bonds is 10. The maximum atomic E-state index is 13.9. The number of carbonyl (C=O) groups excluding carboxylic acids is 2. The summed E-state index contributed by atoms with van der Waals surface area (Å²) >= 11 is 0. The zero-order chi connectivity index (χ0) is 32.0. The first-order valence-electron chi connectivity index (χ1n) is 15.1. The van der Waals surface area contributed by atoms with Gasteiger partial charge in [-0.15, -0.1) is 0 Å². The van der Waals surface area contributed by atoms with Gasteiger partial charge in [-0.2, -0.15) is 0 Å². The zero-order valence-corrected chi connectivity index (χ0v) is 27.0. The Labute approximate surface area is 259 Å². The lowest BCUT2D eigenvalue weighted by Gasteiger charge is -2.33. The van der Waals surface area contributed by atoms with E-state index in [4.69, 9.17) is 18.9 Å². The number of carbonyl (C=O) groups is 2. The molecule has 1 aromatic heterocycles. The highest BCUT2D eigenvalue weighted by Gasteiger charge is 2.28. The molecule has 10 nitrogen and oxygen atoms in total. The van der Waals surface area contributed by atoms with Crippen molar-refractivity contribution in [3.05, 3.63) is 63.9 Å². The summed E-state index contributed by atoms with van der Waals surface area (Å²) in [6, 6.07) is 12.9. The van der Waals surface area contributed by atoms with Crippen LogP contribution in [0.5, 0.6) is 17.2 Å². The van der Waals surface area contributed by atoms with Gasteiger partial charge in [-0.25, -0.2) is 4.79 Å². The molecule has 3 aromatic rings. The molecule has 1 fully saturated rings. The third-order valence-corrected chi connectivity index (χ3v) is 7.92. The second-order valence-electron chi connectivity index (χ2n) is 12.4. The van der Waals surface area contributed by atoms with Crippen molar-refractivity contribution < 1.29 is 28.5 Å². The minimum Gasteiger partial charge on any atom is -0.497 e. The summed E-state index contributed by atoms with van der Waals surface area (Å²) in [5, 5.41) is 0.708. The SMILES string of the molecule is COc1cc(CN(C)C(=O)c2c(OCCCC3CCN(C(=O)OC(C)(C)C)CC3)c3ccccc3n(C)c2=O)cc(OC)c1. The van der Waals surface area contributed by atoms with Crippen molar-refractivity contribution in [2.75, 3.05) is 41.0 Å². The molecular weight excluding hydrogens is 562 g/mol. The Kier molecular flexibility index (Phi) is 10.4. The molecule has 0 N–H and O–H groups in total. The van der Waals surface area contributed by atoms with Gasteiger partial charge in [0.15, 0.2) is 0 Å². The topological polar surface area (TPSA) is 99.5 Å². The smallest absolute Gasteiger partial charge is 0.410 e. The first-order valence-corrected chi connectivity index (χ1v) is 15.1. The molecule has 0 spiro atoms. The van der Waals surface area contributed by atoms with E-state index in [9.17, 15) is 14.4 Å². The molecule has 2 aromatic carbocycles. The number of hydrogen-bond donors (Lipinski definition) is 0. The highest BCUT2D eigenvalue weighted by molar-refractivity contribution is 6.02. The Hall–Kier alpha value is -4.21. The molecule has 0 aliphatic carbocycles. The molecular formula is C34H45N3O7. The Morgan fingerprint density at radius 1 is 1.00 bits per heavy atom. The van der Waals surface area contributed by atoms with Crippen LogP contribution in [0.2, 0.25) is 0 Å². The largest absolute Gasteiger partial charge is 0.497 e. The van der Waals surface area contributed by atoms with E-state index in [2.05, 4.69) is 0 Å². The van der Waals surface area contributed by atoms with Gasteiger partial charge >= 0.3 is 6.09 Å². The van der Waals surface area contributed by atoms with Gasteiger partial charge in [-0.05, 0) is 82.2 Å². The van der Waals surface area contributed by atoms with Crippen molar-refractivity contribution in [3.8, 4) is 17.2 Å². The summed E-state index contributed by atoms with van der Waals surface area (Å²) in [5.74, 6) is 1.57. The van der Waals surface area contributed by atoms with Crippen LogP contribution in [-0.4, -0.2) is 72.9 Å². The highest BCUT2D eigenvalue weighted by Crippen LogP contribution is 2.30. The fourth-order valence-corrected chi connectivity index (χ4v) is 5.58. The van der Waals surface area contributed by atoms with Gasteiger partial charge in [-0.3, -0.25) is 9.59 Å². The first kappa shape index (κ1) is 32.7. The molecule has 0 radical (unpaired) electrons. The zero-order valence-electron chi connectivity index (χ0n) is 27.0. The fourth-order valence-electron chi connectivity index (χ4n) is 5.58. The third-order valence-electron chi connectivity index (χ3n) is 7.92. The van der Waals surface area contributed by atoms with E-state index in [1.54, 1.807) is 39.3 Å². The number of nitrogens with zero attached hydrogens (tertiary/aromatic N) is 3. The number of para-hydroxylation sites is 1. The van der Waals surface area contributed by atoms with Crippen molar-refractivity contribution in [2.24, 2.45) is 13.0 Å². The number of aryl methyl sites for hydroxylation is 1. The minimum absolute atomic E-state index is 0.00855. The number of amides is 2. The van der Waals surface area contributed by atoms with E-state index in [1.807, 2.05) is 57.2 Å². The average molecular weight is 608 g/mol. The molecule has 0 unspecified atom stereocenters.